The van der Waals surface area contributed by atoms with Crippen molar-refractivity contribution in [3.05, 3.63) is 40.4 Å². The lowest BCUT2D eigenvalue weighted by atomic mass is 10.1. The van der Waals surface area contributed by atoms with E-state index in [2.05, 4.69) is 15.0 Å². The van der Waals surface area contributed by atoms with E-state index < -0.39 is 5.97 Å². The number of anilines is 1. The summed E-state index contributed by atoms with van der Waals surface area (Å²) >= 11 is 2.91. The summed E-state index contributed by atoms with van der Waals surface area (Å²) in [6, 6.07) is 5.07. The molecule has 0 spiro atoms. The molecule has 1 N–H and O–H groups in total. The summed E-state index contributed by atoms with van der Waals surface area (Å²) < 4.78 is 5.55. The number of hydrogen-bond donors (Lipinski definition) is 1. The van der Waals surface area contributed by atoms with Gasteiger partial charge in [0.15, 0.2) is 4.34 Å². The van der Waals surface area contributed by atoms with Crippen molar-refractivity contribution in [3.8, 4) is 0 Å². The number of carbonyl (C=O) groups excluding carboxylic acids is 2. The molecule has 116 valence electrons. The molecule has 0 aliphatic heterocycles. The highest BCUT2D eigenvalue weighted by molar-refractivity contribution is 8.01. The van der Waals surface area contributed by atoms with E-state index in [1.165, 1.54) is 30.2 Å². The lowest BCUT2D eigenvalue weighted by molar-refractivity contribution is -0.113. The summed E-state index contributed by atoms with van der Waals surface area (Å²) in [6.45, 7) is 3.79. The summed E-state index contributed by atoms with van der Waals surface area (Å²) in [4.78, 5) is 27.8. The molecule has 1 heterocycles. The molecule has 0 fully saturated rings. The van der Waals surface area contributed by atoms with Gasteiger partial charge in [0, 0.05) is 16.8 Å². The highest BCUT2D eigenvalue weighted by Gasteiger charge is 2.11. The number of thiazole rings is 1. The lowest BCUT2D eigenvalue weighted by Crippen LogP contribution is -2.15. The van der Waals surface area contributed by atoms with Gasteiger partial charge in [0.25, 0.3) is 0 Å². The van der Waals surface area contributed by atoms with Crippen molar-refractivity contribution in [2.45, 2.75) is 18.2 Å². The van der Waals surface area contributed by atoms with E-state index in [1.54, 1.807) is 18.2 Å². The van der Waals surface area contributed by atoms with Gasteiger partial charge in [0.05, 0.1) is 18.4 Å². The number of rotatable bonds is 5. The van der Waals surface area contributed by atoms with E-state index in [4.69, 9.17) is 0 Å². The van der Waals surface area contributed by atoms with Crippen molar-refractivity contribution in [1.29, 1.82) is 0 Å². The minimum atomic E-state index is -0.428. The van der Waals surface area contributed by atoms with Crippen LogP contribution < -0.4 is 5.32 Å². The van der Waals surface area contributed by atoms with E-state index in [1.807, 2.05) is 19.2 Å². The van der Waals surface area contributed by atoms with Crippen molar-refractivity contribution in [2.75, 3.05) is 18.2 Å². The monoisotopic (exact) mass is 336 g/mol. The number of benzene rings is 1. The first-order chi connectivity index (χ1) is 10.5. The Bertz CT molecular complexity index is 698. The smallest absolute Gasteiger partial charge is 0.337 e. The van der Waals surface area contributed by atoms with E-state index in [0.29, 0.717) is 11.3 Å². The fraction of sp³-hybridized carbons (Fsp3) is 0.267. The van der Waals surface area contributed by atoms with Crippen molar-refractivity contribution in [1.82, 2.24) is 4.98 Å². The van der Waals surface area contributed by atoms with Crippen molar-refractivity contribution in [2.24, 2.45) is 0 Å². The third-order valence-corrected chi connectivity index (χ3v) is 5.00. The van der Waals surface area contributed by atoms with Gasteiger partial charge in [-0.15, -0.1) is 11.3 Å². The zero-order chi connectivity index (χ0) is 16.1. The number of esters is 1. The highest BCUT2D eigenvalue weighted by Crippen LogP contribution is 2.23. The second-order valence-corrected chi connectivity index (χ2v) is 6.69. The van der Waals surface area contributed by atoms with Crippen molar-refractivity contribution in [3.63, 3.8) is 0 Å². The maximum Gasteiger partial charge on any atom is 0.337 e. The molecule has 1 aromatic carbocycles. The van der Waals surface area contributed by atoms with Gasteiger partial charge in [-0.05, 0) is 31.5 Å². The maximum atomic E-state index is 12.0. The normalized spacial score (nSPS) is 10.3. The average Bonchev–Trinajstić information content (AvgIpc) is 2.92. The predicted octanol–water partition coefficient (Wildman–Crippen LogP) is 3.28. The largest absolute Gasteiger partial charge is 0.465 e. The van der Waals surface area contributed by atoms with Gasteiger partial charge < -0.3 is 10.1 Å². The lowest BCUT2D eigenvalue weighted by Gasteiger charge is -2.09. The number of nitrogens with one attached hydrogen (secondary N) is 1. The Morgan fingerprint density at radius 3 is 2.77 bits per heavy atom. The predicted molar refractivity (Wildman–Crippen MR) is 88.7 cm³/mol. The van der Waals surface area contributed by atoms with Gasteiger partial charge in [-0.25, -0.2) is 9.78 Å². The van der Waals surface area contributed by atoms with Crippen molar-refractivity contribution < 1.29 is 14.3 Å². The van der Waals surface area contributed by atoms with Gasteiger partial charge >= 0.3 is 5.97 Å². The number of carbonyl (C=O) groups is 2. The first kappa shape index (κ1) is 16.5. The second kappa shape index (κ2) is 7.42. The summed E-state index contributed by atoms with van der Waals surface area (Å²) in [5.74, 6) is -0.291. The van der Waals surface area contributed by atoms with Gasteiger partial charge in [0.1, 0.15) is 0 Å². The first-order valence-corrected chi connectivity index (χ1v) is 8.40. The third-order valence-electron chi connectivity index (χ3n) is 2.86. The molecule has 7 heteroatoms. The maximum absolute atomic E-state index is 12.0. The topological polar surface area (TPSA) is 68.3 Å². The van der Waals surface area contributed by atoms with Crippen LogP contribution in [0, 0.1) is 13.8 Å². The minimum absolute atomic E-state index is 0.136. The second-order valence-electron chi connectivity index (χ2n) is 4.61. The van der Waals surface area contributed by atoms with Gasteiger partial charge in [-0.2, -0.15) is 0 Å². The first-order valence-electron chi connectivity index (χ1n) is 6.53. The van der Waals surface area contributed by atoms with Crippen LogP contribution in [0.3, 0.4) is 0 Å². The molecular formula is C15H16N2O3S2. The Kier molecular flexibility index (Phi) is 5.57. The molecule has 2 aromatic rings. The quantitative estimate of drug-likeness (QED) is 0.670. The standard InChI is InChI=1S/C15H16N2O3S2/c1-9-4-5-11(14(19)20-3)6-12(9)17-13(18)8-22-15-16-10(2)7-21-15/h4-7H,8H2,1-3H3,(H,17,18). The molecule has 0 bridgehead atoms. The molecule has 0 aliphatic rings. The summed E-state index contributed by atoms with van der Waals surface area (Å²) in [5.41, 5.74) is 2.86. The number of ether oxygens (including phenoxy) is 1. The number of aromatic nitrogens is 1. The van der Waals surface area contributed by atoms with Crippen LogP contribution in [0.2, 0.25) is 0 Å². The van der Waals surface area contributed by atoms with Crippen LogP contribution in [-0.4, -0.2) is 29.7 Å². The minimum Gasteiger partial charge on any atom is -0.465 e. The molecule has 0 atom stereocenters. The molecule has 5 nitrogen and oxygen atoms in total. The Morgan fingerprint density at radius 1 is 1.36 bits per heavy atom. The summed E-state index contributed by atoms with van der Waals surface area (Å²) in [7, 11) is 1.33. The molecule has 0 aliphatic carbocycles. The molecule has 0 radical (unpaired) electrons. The summed E-state index contributed by atoms with van der Waals surface area (Å²) in [5, 5.41) is 4.76. The fourth-order valence-corrected chi connectivity index (χ4v) is 3.36. The number of hydrogen-bond acceptors (Lipinski definition) is 6. The number of aryl methyl sites for hydroxylation is 2. The molecule has 1 amide bonds. The highest BCUT2D eigenvalue weighted by atomic mass is 32.2. The van der Waals surface area contributed by atoms with Crippen LogP contribution >= 0.6 is 23.1 Å². The average molecular weight is 336 g/mol. The van der Waals surface area contributed by atoms with E-state index in [9.17, 15) is 9.59 Å². The Labute approximate surface area is 137 Å². The number of thioether (sulfide) groups is 1. The number of methoxy groups -OCH3 is 1. The van der Waals surface area contributed by atoms with Crippen LogP contribution in [0.1, 0.15) is 21.6 Å². The van der Waals surface area contributed by atoms with Crippen LogP contribution in [-0.2, 0) is 9.53 Å². The van der Waals surface area contributed by atoms with Crippen LogP contribution in [0.5, 0.6) is 0 Å². The third kappa shape index (κ3) is 4.32. The molecule has 1 aromatic heterocycles. The van der Waals surface area contributed by atoms with Gasteiger partial charge in [-0.3, -0.25) is 4.79 Å². The number of amides is 1. The Morgan fingerprint density at radius 2 is 2.14 bits per heavy atom. The summed E-state index contributed by atoms with van der Waals surface area (Å²) in [6.07, 6.45) is 0. The van der Waals surface area contributed by atoms with Crippen LogP contribution in [0.25, 0.3) is 0 Å². The van der Waals surface area contributed by atoms with E-state index in [-0.39, 0.29) is 11.7 Å². The Balaban J connectivity index is 2.00. The molecule has 2 rings (SSSR count). The molecular weight excluding hydrogens is 320 g/mol. The van der Waals surface area contributed by atoms with E-state index >= 15 is 0 Å². The zero-order valence-electron chi connectivity index (χ0n) is 12.5. The van der Waals surface area contributed by atoms with Crippen molar-refractivity contribution >= 4 is 40.7 Å². The molecule has 0 saturated carbocycles. The Hall–Kier alpha value is -1.86. The zero-order valence-corrected chi connectivity index (χ0v) is 14.1. The van der Waals surface area contributed by atoms with E-state index in [0.717, 1.165) is 15.6 Å². The number of nitrogens with zero attached hydrogens (tertiary/aromatic N) is 1. The van der Waals surface area contributed by atoms with Gasteiger partial charge in [0.2, 0.25) is 5.91 Å². The van der Waals surface area contributed by atoms with Crippen LogP contribution in [0.4, 0.5) is 5.69 Å². The molecule has 0 unspecified atom stereocenters. The SMILES string of the molecule is COC(=O)c1ccc(C)c(NC(=O)CSc2nc(C)cs2)c1. The van der Waals surface area contributed by atoms with Gasteiger partial charge in [-0.1, -0.05) is 17.8 Å². The molecule has 0 saturated heterocycles. The van der Waals surface area contributed by atoms with Crippen LogP contribution in [0.15, 0.2) is 27.9 Å². The fourth-order valence-electron chi connectivity index (χ4n) is 1.71. The molecule has 22 heavy (non-hydrogen) atoms.